The second-order valence-electron chi connectivity index (χ2n) is 4.47. The molecule has 0 spiro atoms. The van der Waals surface area contributed by atoms with Gasteiger partial charge in [0, 0.05) is 18.8 Å². The molecule has 0 atom stereocenters. The molecule has 5 nitrogen and oxygen atoms in total. The van der Waals surface area contributed by atoms with Crippen molar-refractivity contribution >= 4 is 15.7 Å². The Labute approximate surface area is 101 Å². The maximum Gasteiger partial charge on any atom is 0.238 e. The minimum absolute atomic E-state index is 0.104. The molecule has 1 aromatic carbocycles. The third-order valence-electron chi connectivity index (χ3n) is 3.16. The molecule has 0 radical (unpaired) electrons. The van der Waals surface area contributed by atoms with Gasteiger partial charge < -0.3 is 10.0 Å². The summed E-state index contributed by atoms with van der Waals surface area (Å²) in [5, 5.41) is 14.9. The van der Waals surface area contributed by atoms with Gasteiger partial charge in [-0.2, -0.15) is 0 Å². The summed E-state index contributed by atoms with van der Waals surface area (Å²) in [4.78, 5) is 2.10. The standard InChI is InChI=1S/C11H16N2O3S/c1-2-11(14)7-13(8-11)9-3-5-10(6-4-9)17(12,15)16/h3-6,14H,2,7-8H2,1H3,(H2,12,15,16). The van der Waals surface area contributed by atoms with E-state index in [1.54, 1.807) is 12.1 Å². The summed E-state index contributed by atoms with van der Waals surface area (Å²) in [6.45, 7) is 3.11. The molecule has 3 N–H and O–H groups in total. The number of β-amino-alcohol motifs (C(OH)–C–C–N with tert-alkyl or cyclic N) is 1. The van der Waals surface area contributed by atoms with Gasteiger partial charge in [-0.25, -0.2) is 13.6 Å². The zero-order valence-corrected chi connectivity index (χ0v) is 10.4. The Morgan fingerprint density at radius 1 is 1.35 bits per heavy atom. The van der Waals surface area contributed by atoms with Gasteiger partial charge in [0.25, 0.3) is 0 Å². The van der Waals surface area contributed by atoms with Crippen molar-refractivity contribution in [2.24, 2.45) is 5.14 Å². The second kappa shape index (κ2) is 3.97. The highest BCUT2D eigenvalue weighted by atomic mass is 32.2. The predicted octanol–water partition coefficient (Wildman–Crippen LogP) is 0.295. The first kappa shape index (κ1) is 12.3. The van der Waals surface area contributed by atoms with E-state index >= 15 is 0 Å². The lowest BCUT2D eigenvalue weighted by molar-refractivity contribution is 0.00852. The lowest BCUT2D eigenvalue weighted by atomic mass is 9.91. The van der Waals surface area contributed by atoms with E-state index in [-0.39, 0.29) is 4.90 Å². The summed E-state index contributed by atoms with van der Waals surface area (Å²) in [7, 11) is -3.63. The average Bonchev–Trinajstić information content (AvgIpc) is 2.24. The van der Waals surface area contributed by atoms with Crippen LogP contribution >= 0.6 is 0 Å². The van der Waals surface area contributed by atoms with Crippen molar-refractivity contribution < 1.29 is 13.5 Å². The number of benzene rings is 1. The molecule has 0 saturated carbocycles. The van der Waals surface area contributed by atoms with Gasteiger partial charge in [-0.3, -0.25) is 0 Å². The fourth-order valence-electron chi connectivity index (χ4n) is 1.92. The number of nitrogens with two attached hydrogens (primary N) is 1. The highest BCUT2D eigenvalue weighted by molar-refractivity contribution is 7.89. The average molecular weight is 256 g/mol. The Morgan fingerprint density at radius 3 is 2.29 bits per heavy atom. The molecule has 1 aliphatic rings. The number of rotatable bonds is 3. The number of nitrogens with zero attached hydrogens (tertiary/aromatic N) is 1. The van der Waals surface area contributed by atoms with Crippen LogP contribution in [-0.2, 0) is 10.0 Å². The van der Waals surface area contributed by atoms with Crippen molar-refractivity contribution in [1.82, 2.24) is 0 Å². The van der Waals surface area contributed by atoms with Crippen molar-refractivity contribution in [1.29, 1.82) is 0 Å². The molecule has 1 saturated heterocycles. The molecule has 17 heavy (non-hydrogen) atoms. The molecule has 0 aliphatic carbocycles. The summed E-state index contributed by atoms with van der Waals surface area (Å²) in [6.07, 6.45) is 0.721. The van der Waals surface area contributed by atoms with Gasteiger partial charge in [0.1, 0.15) is 0 Å². The van der Waals surface area contributed by atoms with Crippen molar-refractivity contribution in [3.05, 3.63) is 24.3 Å². The van der Waals surface area contributed by atoms with E-state index in [9.17, 15) is 13.5 Å². The number of aliphatic hydroxyl groups is 1. The number of sulfonamides is 1. The van der Waals surface area contributed by atoms with Crippen molar-refractivity contribution in [3.8, 4) is 0 Å². The maximum atomic E-state index is 11.1. The Balaban J connectivity index is 2.11. The fourth-order valence-corrected chi connectivity index (χ4v) is 2.43. The maximum absolute atomic E-state index is 11.1. The number of hydrogen-bond donors (Lipinski definition) is 2. The fraction of sp³-hybridized carbons (Fsp3) is 0.455. The van der Waals surface area contributed by atoms with Crippen LogP contribution in [-0.4, -0.2) is 32.2 Å². The zero-order chi connectivity index (χ0) is 12.7. The van der Waals surface area contributed by atoms with Gasteiger partial charge in [-0.15, -0.1) is 0 Å². The lowest BCUT2D eigenvalue weighted by Crippen LogP contribution is -2.61. The molecular weight excluding hydrogens is 240 g/mol. The molecule has 6 heteroatoms. The van der Waals surface area contributed by atoms with Crippen LogP contribution in [0.2, 0.25) is 0 Å². The predicted molar refractivity (Wildman–Crippen MR) is 65.3 cm³/mol. The van der Waals surface area contributed by atoms with Crippen LogP contribution in [0.25, 0.3) is 0 Å². The minimum atomic E-state index is -3.63. The van der Waals surface area contributed by atoms with Crippen LogP contribution in [0.1, 0.15) is 13.3 Å². The number of primary sulfonamides is 1. The monoisotopic (exact) mass is 256 g/mol. The summed E-state index contributed by atoms with van der Waals surface area (Å²) in [5.74, 6) is 0. The van der Waals surface area contributed by atoms with Crippen LogP contribution in [0, 0.1) is 0 Å². The van der Waals surface area contributed by atoms with Gasteiger partial charge in [0.2, 0.25) is 10.0 Å². The molecule has 1 aliphatic heterocycles. The van der Waals surface area contributed by atoms with E-state index in [4.69, 9.17) is 5.14 Å². The molecule has 0 amide bonds. The van der Waals surface area contributed by atoms with Crippen molar-refractivity contribution in [2.75, 3.05) is 18.0 Å². The summed E-state index contributed by atoms with van der Waals surface area (Å²) < 4.78 is 22.1. The van der Waals surface area contributed by atoms with E-state index in [1.165, 1.54) is 12.1 Å². The smallest absolute Gasteiger partial charge is 0.238 e. The molecule has 1 heterocycles. The van der Waals surface area contributed by atoms with Crippen molar-refractivity contribution in [3.63, 3.8) is 0 Å². The Kier molecular flexibility index (Phi) is 2.89. The summed E-state index contributed by atoms with van der Waals surface area (Å²) in [6, 6.07) is 6.37. The van der Waals surface area contributed by atoms with Crippen molar-refractivity contribution in [2.45, 2.75) is 23.8 Å². The van der Waals surface area contributed by atoms with Crippen LogP contribution in [0.15, 0.2) is 29.2 Å². The first-order valence-electron chi connectivity index (χ1n) is 5.44. The van der Waals surface area contributed by atoms with E-state index in [2.05, 4.69) is 0 Å². The minimum Gasteiger partial charge on any atom is -0.386 e. The van der Waals surface area contributed by atoms with Gasteiger partial charge in [-0.1, -0.05) is 6.92 Å². The Morgan fingerprint density at radius 2 is 1.88 bits per heavy atom. The Bertz CT molecular complexity index is 504. The number of hydrogen-bond acceptors (Lipinski definition) is 4. The normalized spacial score (nSPS) is 18.9. The first-order valence-corrected chi connectivity index (χ1v) is 6.99. The largest absolute Gasteiger partial charge is 0.386 e. The highest BCUT2D eigenvalue weighted by Gasteiger charge is 2.39. The molecule has 94 valence electrons. The first-order chi connectivity index (χ1) is 7.84. The molecule has 1 fully saturated rings. The zero-order valence-electron chi connectivity index (χ0n) is 9.63. The second-order valence-corrected chi connectivity index (χ2v) is 6.03. The van der Waals surface area contributed by atoms with E-state index in [0.29, 0.717) is 13.1 Å². The highest BCUT2D eigenvalue weighted by Crippen LogP contribution is 2.30. The van der Waals surface area contributed by atoms with Crippen LogP contribution in [0.3, 0.4) is 0 Å². The number of anilines is 1. The van der Waals surface area contributed by atoms with E-state index in [1.807, 2.05) is 11.8 Å². The molecule has 0 unspecified atom stereocenters. The van der Waals surface area contributed by atoms with Crippen LogP contribution in [0.4, 0.5) is 5.69 Å². The molecule has 0 aromatic heterocycles. The summed E-state index contributed by atoms with van der Waals surface area (Å²) >= 11 is 0. The van der Waals surface area contributed by atoms with Gasteiger partial charge >= 0.3 is 0 Å². The topological polar surface area (TPSA) is 83.6 Å². The Hall–Kier alpha value is -1.11. The van der Waals surface area contributed by atoms with Gasteiger partial charge in [0.15, 0.2) is 0 Å². The quantitative estimate of drug-likeness (QED) is 0.814. The SMILES string of the molecule is CCC1(O)CN(c2ccc(S(N)(=O)=O)cc2)C1. The lowest BCUT2D eigenvalue weighted by Gasteiger charge is -2.47. The van der Waals surface area contributed by atoms with Crippen LogP contribution in [0.5, 0.6) is 0 Å². The van der Waals surface area contributed by atoms with Gasteiger partial charge in [-0.05, 0) is 30.7 Å². The molecule has 0 bridgehead atoms. The molecule has 2 rings (SSSR count). The van der Waals surface area contributed by atoms with E-state index < -0.39 is 15.6 Å². The summed E-state index contributed by atoms with van der Waals surface area (Å²) in [5.41, 5.74) is 0.300. The molecular formula is C11H16N2O3S. The third-order valence-corrected chi connectivity index (χ3v) is 4.09. The molecule has 1 aromatic rings. The van der Waals surface area contributed by atoms with Crippen LogP contribution < -0.4 is 10.0 Å². The van der Waals surface area contributed by atoms with E-state index in [0.717, 1.165) is 12.1 Å². The third kappa shape index (κ3) is 2.43. The van der Waals surface area contributed by atoms with Gasteiger partial charge in [0.05, 0.1) is 10.5 Å².